The summed E-state index contributed by atoms with van der Waals surface area (Å²) in [6.45, 7) is 0.617. The van der Waals surface area contributed by atoms with E-state index in [2.05, 4.69) is 5.32 Å². The van der Waals surface area contributed by atoms with E-state index in [0.717, 1.165) is 11.8 Å². The SMILES string of the molecule is CC(=O)c1c(OCc2ccccc2)c(=O)c(C(=O)NCc2c(F)cc(F)cc2F)cn1C. The molecule has 1 aromatic heterocycles. The lowest BCUT2D eigenvalue weighted by atomic mass is 10.1. The summed E-state index contributed by atoms with van der Waals surface area (Å²) in [6.07, 6.45) is 1.14. The summed E-state index contributed by atoms with van der Waals surface area (Å²) in [5.74, 6) is -5.13. The minimum Gasteiger partial charge on any atom is -0.483 e. The standard InChI is InChI=1S/C23H19F3N2O4/c1-13(29)20-22(32-12-14-6-4-3-5-7-14)21(30)17(11-28(20)2)23(31)27-10-16-18(25)8-15(24)9-19(16)26/h3-9,11H,10,12H2,1-2H3,(H,27,31). The number of amides is 1. The van der Waals surface area contributed by atoms with Crippen LogP contribution in [-0.4, -0.2) is 16.3 Å². The zero-order chi connectivity index (χ0) is 23.4. The minimum absolute atomic E-state index is 0.0204. The van der Waals surface area contributed by atoms with Gasteiger partial charge in [-0.3, -0.25) is 14.4 Å². The fraction of sp³-hybridized carbons (Fsp3) is 0.174. The van der Waals surface area contributed by atoms with Gasteiger partial charge in [-0.2, -0.15) is 0 Å². The Balaban J connectivity index is 1.91. The fourth-order valence-electron chi connectivity index (χ4n) is 3.15. The van der Waals surface area contributed by atoms with Crippen molar-refractivity contribution in [2.75, 3.05) is 0 Å². The van der Waals surface area contributed by atoms with Crippen LogP contribution in [0.2, 0.25) is 0 Å². The number of nitrogens with zero attached hydrogens (tertiary/aromatic N) is 1. The molecule has 3 rings (SSSR count). The summed E-state index contributed by atoms with van der Waals surface area (Å²) in [7, 11) is 1.46. The summed E-state index contributed by atoms with van der Waals surface area (Å²) >= 11 is 0. The number of ether oxygens (including phenoxy) is 1. The van der Waals surface area contributed by atoms with Crippen molar-refractivity contribution in [3.63, 3.8) is 0 Å². The van der Waals surface area contributed by atoms with E-state index in [1.165, 1.54) is 18.5 Å². The predicted octanol–water partition coefficient (Wildman–Crippen LogP) is 3.51. The maximum absolute atomic E-state index is 13.8. The van der Waals surface area contributed by atoms with Crippen LogP contribution >= 0.6 is 0 Å². The van der Waals surface area contributed by atoms with Crippen LogP contribution in [0.5, 0.6) is 5.75 Å². The highest BCUT2D eigenvalue weighted by molar-refractivity contribution is 5.98. The molecule has 0 atom stereocenters. The zero-order valence-electron chi connectivity index (χ0n) is 17.2. The Morgan fingerprint density at radius 2 is 1.69 bits per heavy atom. The highest BCUT2D eigenvalue weighted by atomic mass is 19.1. The number of nitrogens with one attached hydrogen (secondary N) is 1. The van der Waals surface area contributed by atoms with Gasteiger partial charge in [0, 0.05) is 44.4 Å². The van der Waals surface area contributed by atoms with Crippen LogP contribution in [0.4, 0.5) is 13.2 Å². The molecule has 3 aromatic rings. The molecule has 0 unspecified atom stereocenters. The van der Waals surface area contributed by atoms with Gasteiger partial charge in [0.1, 0.15) is 35.3 Å². The Bertz CT molecular complexity index is 1220. The molecule has 9 heteroatoms. The van der Waals surface area contributed by atoms with Gasteiger partial charge in [0.25, 0.3) is 5.91 Å². The summed E-state index contributed by atoms with van der Waals surface area (Å²) in [5.41, 5.74) is -1.08. The smallest absolute Gasteiger partial charge is 0.257 e. The van der Waals surface area contributed by atoms with Gasteiger partial charge in [0.2, 0.25) is 5.43 Å². The van der Waals surface area contributed by atoms with Crippen LogP contribution < -0.4 is 15.5 Å². The van der Waals surface area contributed by atoms with E-state index in [1.807, 2.05) is 0 Å². The van der Waals surface area contributed by atoms with E-state index in [4.69, 9.17) is 4.74 Å². The Morgan fingerprint density at radius 3 is 2.28 bits per heavy atom. The van der Waals surface area contributed by atoms with Crippen molar-refractivity contribution in [3.8, 4) is 5.75 Å². The first kappa shape index (κ1) is 22.8. The molecule has 1 amide bonds. The minimum atomic E-state index is -1.17. The molecule has 0 saturated carbocycles. The molecular formula is C23H19F3N2O4. The first-order chi connectivity index (χ1) is 15.2. The number of halogens is 3. The third-order valence-electron chi connectivity index (χ3n) is 4.68. The molecule has 1 heterocycles. The molecule has 1 N–H and O–H groups in total. The van der Waals surface area contributed by atoms with Gasteiger partial charge in [-0.15, -0.1) is 0 Å². The molecule has 0 aliphatic carbocycles. The number of ketones is 1. The van der Waals surface area contributed by atoms with Crippen molar-refractivity contribution in [2.45, 2.75) is 20.1 Å². The lowest BCUT2D eigenvalue weighted by Gasteiger charge is -2.15. The van der Waals surface area contributed by atoms with Crippen molar-refractivity contribution in [1.82, 2.24) is 9.88 Å². The second-order valence-corrected chi connectivity index (χ2v) is 7.02. The number of benzene rings is 2. The van der Waals surface area contributed by atoms with Gasteiger partial charge in [-0.1, -0.05) is 30.3 Å². The molecule has 0 aliphatic rings. The van der Waals surface area contributed by atoms with Crippen LogP contribution in [-0.2, 0) is 20.2 Å². The Kier molecular flexibility index (Phi) is 6.77. The molecule has 2 aromatic carbocycles. The van der Waals surface area contributed by atoms with Crippen molar-refractivity contribution in [1.29, 1.82) is 0 Å². The van der Waals surface area contributed by atoms with Gasteiger partial charge >= 0.3 is 0 Å². The number of rotatable bonds is 7. The van der Waals surface area contributed by atoms with E-state index in [9.17, 15) is 27.6 Å². The summed E-state index contributed by atoms with van der Waals surface area (Å²) in [5, 5.41) is 2.24. The van der Waals surface area contributed by atoms with Crippen LogP contribution in [0, 0.1) is 17.5 Å². The number of aryl methyl sites for hydroxylation is 1. The molecule has 32 heavy (non-hydrogen) atoms. The largest absolute Gasteiger partial charge is 0.483 e. The topological polar surface area (TPSA) is 77.4 Å². The van der Waals surface area contributed by atoms with E-state index < -0.39 is 46.7 Å². The third-order valence-corrected chi connectivity index (χ3v) is 4.68. The number of aromatic nitrogens is 1. The summed E-state index contributed by atoms with van der Waals surface area (Å²) in [4.78, 5) is 37.6. The number of pyridine rings is 1. The number of hydrogen-bond acceptors (Lipinski definition) is 4. The second kappa shape index (κ2) is 9.51. The molecule has 0 spiro atoms. The number of carbonyl (C=O) groups excluding carboxylic acids is 2. The van der Waals surface area contributed by atoms with Gasteiger partial charge in [0.05, 0.1) is 0 Å². The first-order valence-electron chi connectivity index (χ1n) is 9.52. The van der Waals surface area contributed by atoms with Gasteiger partial charge < -0.3 is 14.6 Å². The maximum atomic E-state index is 13.8. The normalized spacial score (nSPS) is 10.7. The molecule has 0 fully saturated rings. The second-order valence-electron chi connectivity index (χ2n) is 7.02. The zero-order valence-corrected chi connectivity index (χ0v) is 17.2. The van der Waals surface area contributed by atoms with E-state index in [-0.39, 0.29) is 23.6 Å². The number of hydrogen-bond donors (Lipinski definition) is 1. The summed E-state index contributed by atoms with van der Waals surface area (Å²) in [6, 6.07) is 9.86. The van der Waals surface area contributed by atoms with Crippen molar-refractivity contribution < 1.29 is 27.5 Å². The molecular weight excluding hydrogens is 425 g/mol. The average Bonchev–Trinajstić information content (AvgIpc) is 2.73. The lowest BCUT2D eigenvalue weighted by molar-refractivity contribution is 0.0942. The molecule has 0 bridgehead atoms. The molecule has 0 saturated heterocycles. The van der Waals surface area contributed by atoms with E-state index >= 15 is 0 Å². The van der Waals surface area contributed by atoms with Gasteiger partial charge in [-0.25, -0.2) is 13.2 Å². The third kappa shape index (κ3) is 4.88. The van der Waals surface area contributed by atoms with Crippen molar-refractivity contribution >= 4 is 11.7 Å². The molecule has 6 nitrogen and oxygen atoms in total. The highest BCUT2D eigenvalue weighted by Crippen LogP contribution is 2.18. The van der Waals surface area contributed by atoms with Crippen LogP contribution in [0.15, 0.2) is 53.5 Å². The maximum Gasteiger partial charge on any atom is 0.257 e. The van der Waals surface area contributed by atoms with Gasteiger partial charge in [-0.05, 0) is 5.56 Å². The highest BCUT2D eigenvalue weighted by Gasteiger charge is 2.23. The predicted molar refractivity (Wildman–Crippen MR) is 110 cm³/mol. The van der Waals surface area contributed by atoms with Crippen LogP contribution in [0.3, 0.4) is 0 Å². The van der Waals surface area contributed by atoms with Crippen molar-refractivity contribution in [3.05, 3.63) is 98.7 Å². The lowest BCUT2D eigenvalue weighted by Crippen LogP contribution is -2.32. The monoisotopic (exact) mass is 444 g/mol. The van der Waals surface area contributed by atoms with Crippen molar-refractivity contribution in [2.24, 2.45) is 7.05 Å². The van der Waals surface area contributed by atoms with E-state index in [0.29, 0.717) is 12.1 Å². The molecule has 0 aliphatic heterocycles. The fourth-order valence-corrected chi connectivity index (χ4v) is 3.15. The number of carbonyl (C=O) groups is 2. The number of Topliss-reactive ketones (excluding diaryl/α,β-unsaturated/α-hetero) is 1. The Morgan fingerprint density at radius 1 is 1.06 bits per heavy atom. The summed E-state index contributed by atoms with van der Waals surface area (Å²) < 4.78 is 47.6. The Labute approximate surface area is 181 Å². The molecule has 166 valence electrons. The average molecular weight is 444 g/mol. The van der Waals surface area contributed by atoms with Crippen LogP contribution in [0.25, 0.3) is 0 Å². The quantitative estimate of drug-likeness (QED) is 0.566. The van der Waals surface area contributed by atoms with Crippen LogP contribution in [0.1, 0.15) is 38.9 Å². The van der Waals surface area contributed by atoms with E-state index in [1.54, 1.807) is 30.3 Å². The Hall–Kier alpha value is -3.88. The molecule has 0 radical (unpaired) electrons. The van der Waals surface area contributed by atoms with Gasteiger partial charge in [0.15, 0.2) is 11.5 Å². The first-order valence-corrected chi connectivity index (χ1v) is 9.52.